The summed E-state index contributed by atoms with van der Waals surface area (Å²) < 4.78 is 23.8. The summed E-state index contributed by atoms with van der Waals surface area (Å²) >= 11 is 0. The van der Waals surface area contributed by atoms with Crippen LogP contribution < -0.4 is 4.52 Å². The molecule has 1 saturated heterocycles. The maximum atomic E-state index is 13.0. The summed E-state index contributed by atoms with van der Waals surface area (Å²) in [4.78, 5) is 53.7. The topological polar surface area (TPSA) is 181 Å². The average molecular weight is 892 g/mol. The summed E-state index contributed by atoms with van der Waals surface area (Å²) in [6.45, 7) is 15.1. The molecular weight excluding hydrogens is 837 g/mol. The predicted molar refractivity (Wildman–Crippen MR) is 194 cm³/mol. The van der Waals surface area contributed by atoms with E-state index in [0.717, 1.165) is 34.4 Å². The number of benzene rings is 2. The Kier molecular flexibility index (Phi) is 19.3. The van der Waals surface area contributed by atoms with Crippen LogP contribution in [0.4, 0.5) is 0 Å². The molecule has 1 aliphatic rings. The number of nitrogens with zero attached hydrogens (tertiary/aromatic N) is 4. The van der Waals surface area contributed by atoms with Gasteiger partial charge in [0.15, 0.2) is 0 Å². The Hall–Kier alpha value is -2.04. The minimum absolute atomic E-state index is 0. The van der Waals surface area contributed by atoms with E-state index in [-0.39, 0.29) is 91.3 Å². The zero-order chi connectivity index (χ0) is 37.9. The molecule has 0 spiro atoms. The minimum Gasteiger partial charge on any atom is -0.480 e. The molecule has 16 heteroatoms. The number of hydrogen-bond acceptors (Lipinski definition) is 10. The summed E-state index contributed by atoms with van der Waals surface area (Å²) in [6.07, 6.45) is 0.187. The normalized spacial score (nSPS) is 17.6. The molecule has 0 aliphatic carbocycles. The smallest absolute Gasteiger partial charge is 0.480 e. The first-order valence-electron chi connectivity index (χ1n) is 17.4. The van der Waals surface area contributed by atoms with Crippen LogP contribution in [0.1, 0.15) is 47.6 Å². The molecule has 52 heavy (non-hydrogen) atoms. The molecule has 2 aromatic carbocycles. The molecule has 1 heterocycles. The number of carbonyl (C=O) groups is 3. The third-order valence-corrected chi connectivity index (χ3v) is 10.3. The second-order valence-electron chi connectivity index (χ2n) is 13.4. The van der Waals surface area contributed by atoms with E-state index in [2.05, 4.69) is 37.8 Å². The van der Waals surface area contributed by atoms with Crippen LogP contribution in [0.2, 0.25) is 0 Å². The number of aliphatic carboxylic acids is 3. The fraction of sp³-hybridized carbons (Fsp3) is 0.583. The number of rotatable bonds is 15. The SMILES string of the molecule is CCN1CCN(CC(=O)O)CCN([C@H](CCCOP(=O)(O)Oc2cc(C)c(-c3c(C)cc(C)cc3C)cc2C)C(=O)O)CCN(CC(=O)O)CC1.[Gd+3]. The van der Waals surface area contributed by atoms with E-state index in [9.17, 15) is 39.2 Å². The van der Waals surface area contributed by atoms with Crippen molar-refractivity contribution in [2.45, 2.75) is 60.4 Å². The first-order valence-corrected chi connectivity index (χ1v) is 18.9. The van der Waals surface area contributed by atoms with E-state index in [1.165, 1.54) is 5.56 Å². The van der Waals surface area contributed by atoms with Gasteiger partial charge in [0, 0.05) is 52.4 Å². The summed E-state index contributed by atoms with van der Waals surface area (Å²) in [7, 11) is -4.56. The maximum absolute atomic E-state index is 13.0. The monoisotopic (exact) mass is 892 g/mol. The molecule has 289 valence electrons. The third kappa shape index (κ3) is 14.7. The van der Waals surface area contributed by atoms with Gasteiger partial charge in [0.2, 0.25) is 0 Å². The summed E-state index contributed by atoms with van der Waals surface area (Å²) in [5.74, 6) is -2.86. The molecule has 2 aromatic rings. The summed E-state index contributed by atoms with van der Waals surface area (Å²) in [5.41, 5.74) is 7.07. The van der Waals surface area contributed by atoms with Crippen molar-refractivity contribution in [2.24, 2.45) is 0 Å². The summed E-state index contributed by atoms with van der Waals surface area (Å²) in [5, 5.41) is 29.2. The van der Waals surface area contributed by atoms with Crippen molar-refractivity contribution in [3.05, 3.63) is 52.1 Å². The number of hydrogen-bond donors (Lipinski definition) is 4. The first-order chi connectivity index (χ1) is 24.0. The largest absolute Gasteiger partial charge is 3.00 e. The number of aryl methyl sites for hydroxylation is 5. The minimum atomic E-state index is -4.56. The van der Waals surface area contributed by atoms with Gasteiger partial charge in [-0.25, -0.2) is 4.57 Å². The van der Waals surface area contributed by atoms with Crippen LogP contribution in [0, 0.1) is 74.6 Å². The Morgan fingerprint density at radius 2 is 1.25 bits per heavy atom. The molecule has 0 saturated carbocycles. The van der Waals surface area contributed by atoms with Gasteiger partial charge in [-0.2, -0.15) is 0 Å². The number of likely N-dealkylation sites (N-methyl/N-ethyl adjacent to an activating group) is 1. The molecule has 1 radical (unpaired) electrons. The van der Waals surface area contributed by atoms with E-state index in [4.69, 9.17) is 9.05 Å². The average Bonchev–Trinajstić information content (AvgIpc) is 3.01. The third-order valence-electron chi connectivity index (χ3n) is 9.32. The molecule has 14 nitrogen and oxygen atoms in total. The van der Waals surface area contributed by atoms with Gasteiger partial charge in [-0.05, 0) is 99.5 Å². The van der Waals surface area contributed by atoms with Gasteiger partial charge in [-0.3, -0.25) is 38.5 Å². The molecule has 1 unspecified atom stereocenters. The van der Waals surface area contributed by atoms with Crippen LogP contribution in [0.5, 0.6) is 5.75 Å². The van der Waals surface area contributed by atoms with Crippen LogP contribution in [-0.2, 0) is 23.5 Å². The maximum Gasteiger partial charge on any atom is 3.00 e. The van der Waals surface area contributed by atoms with Crippen molar-refractivity contribution < 1.29 is 88.1 Å². The van der Waals surface area contributed by atoms with E-state index in [0.29, 0.717) is 44.8 Å². The zero-order valence-corrected chi connectivity index (χ0v) is 34.3. The molecule has 0 bridgehead atoms. The molecule has 3 rings (SSSR count). The van der Waals surface area contributed by atoms with Gasteiger partial charge in [-0.15, -0.1) is 0 Å². The van der Waals surface area contributed by atoms with Crippen LogP contribution in [0.3, 0.4) is 0 Å². The Balaban J connectivity index is 0.00000936. The van der Waals surface area contributed by atoms with E-state index >= 15 is 0 Å². The molecule has 4 N–H and O–H groups in total. The van der Waals surface area contributed by atoms with Crippen molar-refractivity contribution in [3.8, 4) is 16.9 Å². The van der Waals surface area contributed by atoms with Gasteiger partial charge >= 0.3 is 65.7 Å². The Morgan fingerprint density at radius 1 is 0.750 bits per heavy atom. The fourth-order valence-electron chi connectivity index (χ4n) is 6.71. The van der Waals surface area contributed by atoms with Crippen LogP contribution in [0.25, 0.3) is 11.1 Å². The quantitative estimate of drug-likeness (QED) is 0.149. The first kappa shape index (κ1) is 46.1. The summed E-state index contributed by atoms with van der Waals surface area (Å²) in [6, 6.07) is 6.86. The van der Waals surface area contributed by atoms with Crippen molar-refractivity contribution in [1.29, 1.82) is 0 Å². The Labute approximate surface area is 339 Å². The molecular formula is C36H55GdN4O10P+3. The van der Waals surface area contributed by atoms with Crippen molar-refractivity contribution in [3.63, 3.8) is 0 Å². The number of phosphoric ester groups is 1. The fourth-order valence-corrected chi connectivity index (χ4v) is 7.57. The van der Waals surface area contributed by atoms with Crippen LogP contribution in [-0.4, -0.2) is 142 Å². The van der Waals surface area contributed by atoms with Gasteiger partial charge in [0.1, 0.15) is 11.8 Å². The molecule has 0 amide bonds. The van der Waals surface area contributed by atoms with Crippen LogP contribution in [0.15, 0.2) is 24.3 Å². The molecule has 0 aromatic heterocycles. The number of phosphoric acid groups is 1. The second kappa shape index (κ2) is 21.8. The standard InChI is InChI=1S/C36H55N4O10P.Gd/c1-7-37-10-12-38(23-33(41)42)14-16-40(17-15-39(13-11-37)24-34(43)44)31(36(45)46)9-8-18-49-51(47,48)50-32-22-26(3)30(21-27(32)4)35-28(5)19-25(2)20-29(35)6;/h19-22,31H,7-18,23-24H2,1-6H3,(H,41,42)(H,43,44)(H,45,46)(H,47,48);/q;+3/t31-;/m1./s1. The van der Waals surface area contributed by atoms with Gasteiger partial charge in [-0.1, -0.05) is 24.6 Å². The molecule has 2 atom stereocenters. The number of carboxylic acid groups (broad SMARTS) is 3. The van der Waals surface area contributed by atoms with Gasteiger partial charge < -0.3 is 24.7 Å². The van der Waals surface area contributed by atoms with Crippen molar-refractivity contribution in [1.82, 2.24) is 19.6 Å². The van der Waals surface area contributed by atoms with Crippen LogP contribution >= 0.6 is 7.82 Å². The second-order valence-corrected chi connectivity index (χ2v) is 14.8. The zero-order valence-electron chi connectivity index (χ0n) is 31.1. The van der Waals surface area contributed by atoms with Gasteiger partial charge in [0.05, 0.1) is 19.7 Å². The molecule has 1 aliphatic heterocycles. The number of carboxylic acids is 3. The van der Waals surface area contributed by atoms with Crippen molar-refractivity contribution >= 4 is 25.7 Å². The Morgan fingerprint density at radius 3 is 1.73 bits per heavy atom. The molecule has 1 fully saturated rings. The van der Waals surface area contributed by atoms with Crippen molar-refractivity contribution in [2.75, 3.05) is 78.6 Å². The predicted octanol–water partition coefficient (Wildman–Crippen LogP) is 4.04. The van der Waals surface area contributed by atoms with Gasteiger partial charge in [0.25, 0.3) is 0 Å². The Bertz CT molecular complexity index is 1520. The van der Waals surface area contributed by atoms with E-state index < -0.39 is 31.8 Å². The van der Waals surface area contributed by atoms with E-state index in [1.807, 2.05) is 19.9 Å². The van der Waals surface area contributed by atoms with E-state index in [1.54, 1.807) is 27.7 Å².